The Bertz CT molecular complexity index is 430. The summed E-state index contributed by atoms with van der Waals surface area (Å²) < 4.78 is 28.3. The lowest BCUT2D eigenvalue weighted by Crippen LogP contribution is -2.12. The molecule has 0 saturated heterocycles. The Morgan fingerprint density at radius 3 is 1.88 bits per heavy atom. The summed E-state index contributed by atoms with van der Waals surface area (Å²) in [5.74, 6) is 0.391. The lowest BCUT2D eigenvalue weighted by Gasteiger charge is -2.10. The molecule has 0 saturated carbocycles. The average Bonchev–Trinajstić information content (AvgIpc) is 2.16. The monoisotopic (exact) mass is 242 g/mol. The zero-order chi connectivity index (χ0) is 12.3. The van der Waals surface area contributed by atoms with Crippen LogP contribution in [0, 0.1) is 0 Å². The molecule has 0 aromatic heterocycles. The van der Waals surface area contributed by atoms with Gasteiger partial charge < -0.3 is 0 Å². The third kappa shape index (κ3) is 3.32. The van der Waals surface area contributed by atoms with Crippen molar-refractivity contribution in [1.29, 1.82) is 0 Å². The minimum absolute atomic E-state index is 0.214. The fourth-order valence-corrected chi connectivity index (χ4v) is 2.42. The fourth-order valence-electron chi connectivity index (χ4n) is 1.33. The van der Waals surface area contributed by atoms with E-state index in [2.05, 4.69) is 13.8 Å². The number of hydrogen-bond acceptors (Lipinski definition) is 3. The maximum Gasteiger partial charge on any atom is 0.297 e. The van der Waals surface area contributed by atoms with E-state index in [4.69, 9.17) is 4.18 Å². The number of rotatable bonds is 4. The van der Waals surface area contributed by atoms with E-state index in [0.29, 0.717) is 5.92 Å². The van der Waals surface area contributed by atoms with Crippen LogP contribution in [0.4, 0.5) is 0 Å². The molecule has 0 fully saturated rings. The van der Waals surface area contributed by atoms with Crippen LogP contribution in [0.2, 0.25) is 0 Å². The van der Waals surface area contributed by atoms with E-state index >= 15 is 0 Å². The molecule has 0 N–H and O–H groups in total. The van der Waals surface area contributed by atoms with Crippen LogP contribution < -0.4 is 0 Å². The Hall–Kier alpha value is -0.870. The van der Waals surface area contributed by atoms with Gasteiger partial charge in [0.15, 0.2) is 0 Å². The van der Waals surface area contributed by atoms with Gasteiger partial charge in [-0.15, -0.1) is 0 Å². The van der Waals surface area contributed by atoms with Crippen LogP contribution in [0.15, 0.2) is 29.2 Å². The van der Waals surface area contributed by atoms with Crippen molar-refractivity contribution in [2.75, 3.05) is 0 Å². The lowest BCUT2D eigenvalue weighted by molar-refractivity contribution is 0.249. The summed E-state index contributed by atoms with van der Waals surface area (Å²) in [5, 5.41) is 0. The normalized spacial score (nSPS) is 12.4. The third-order valence-electron chi connectivity index (χ3n) is 2.15. The van der Waals surface area contributed by atoms with E-state index in [1.807, 2.05) is 12.1 Å². The van der Waals surface area contributed by atoms with E-state index in [-0.39, 0.29) is 11.0 Å². The summed E-state index contributed by atoms with van der Waals surface area (Å²) in [5.41, 5.74) is 1.11. The van der Waals surface area contributed by atoms with E-state index < -0.39 is 10.1 Å². The first-order valence-corrected chi connectivity index (χ1v) is 6.77. The molecule has 1 aromatic carbocycles. The van der Waals surface area contributed by atoms with E-state index in [0.717, 1.165) is 5.56 Å². The first-order valence-electron chi connectivity index (χ1n) is 5.36. The summed E-state index contributed by atoms with van der Waals surface area (Å²) in [7, 11) is -3.60. The van der Waals surface area contributed by atoms with Gasteiger partial charge in [-0.25, -0.2) is 0 Å². The van der Waals surface area contributed by atoms with Crippen LogP contribution in [0.1, 0.15) is 39.2 Å². The number of benzene rings is 1. The van der Waals surface area contributed by atoms with Gasteiger partial charge in [-0.2, -0.15) is 8.42 Å². The molecule has 3 nitrogen and oxygen atoms in total. The van der Waals surface area contributed by atoms with Crippen LogP contribution in [0.25, 0.3) is 0 Å². The molecule has 1 rings (SSSR count). The second-order valence-electron chi connectivity index (χ2n) is 4.32. The molecule has 1 aromatic rings. The van der Waals surface area contributed by atoms with Crippen LogP contribution in [0.3, 0.4) is 0 Å². The molecule has 0 unspecified atom stereocenters. The Morgan fingerprint density at radius 2 is 1.50 bits per heavy atom. The summed E-state index contributed by atoms with van der Waals surface area (Å²) in [6, 6.07) is 6.82. The fraction of sp³-hybridized carbons (Fsp3) is 0.500. The highest BCUT2D eigenvalue weighted by molar-refractivity contribution is 7.86. The van der Waals surface area contributed by atoms with Gasteiger partial charge in [-0.1, -0.05) is 26.0 Å². The zero-order valence-electron chi connectivity index (χ0n) is 10.1. The van der Waals surface area contributed by atoms with Gasteiger partial charge >= 0.3 is 0 Å². The molecule has 0 atom stereocenters. The largest absolute Gasteiger partial charge is 0.297 e. The highest BCUT2D eigenvalue weighted by atomic mass is 32.2. The van der Waals surface area contributed by atoms with Gasteiger partial charge in [0.25, 0.3) is 10.1 Å². The molecule has 90 valence electrons. The zero-order valence-corrected chi connectivity index (χ0v) is 10.9. The average molecular weight is 242 g/mol. The molecule has 0 bridgehead atoms. The Labute approximate surface area is 97.6 Å². The van der Waals surface area contributed by atoms with E-state index in [1.54, 1.807) is 26.0 Å². The van der Waals surface area contributed by atoms with Gasteiger partial charge in [-0.3, -0.25) is 4.18 Å². The minimum atomic E-state index is -3.60. The van der Waals surface area contributed by atoms with E-state index in [9.17, 15) is 8.42 Å². The Balaban J connectivity index is 2.98. The lowest BCUT2D eigenvalue weighted by atomic mass is 10.0. The third-order valence-corrected chi connectivity index (χ3v) is 3.64. The molecule has 0 aliphatic carbocycles. The van der Waals surface area contributed by atoms with E-state index in [1.165, 1.54) is 0 Å². The Kier molecular flexibility index (Phi) is 4.10. The molecule has 0 aliphatic heterocycles. The van der Waals surface area contributed by atoms with Gasteiger partial charge in [-0.05, 0) is 37.5 Å². The summed E-state index contributed by atoms with van der Waals surface area (Å²) in [6.07, 6.45) is -0.338. The van der Waals surface area contributed by atoms with Crippen molar-refractivity contribution >= 4 is 10.1 Å². The van der Waals surface area contributed by atoms with Crippen molar-refractivity contribution in [3.8, 4) is 0 Å². The highest BCUT2D eigenvalue weighted by Gasteiger charge is 2.16. The summed E-state index contributed by atoms with van der Waals surface area (Å²) in [4.78, 5) is 0.214. The van der Waals surface area contributed by atoms with Crippen molar-refractivity contribution in [3.63, 3.8) is 0 Å². The minimum Gasteiger partial charge on any atom is -0.264 e. The first-order chi connectivity index (χ1) is 7.33. The molecular weight excluding hydrogens is 224 g/mol. The van der Waals surface area contributed by atoms with Crippen LogP contribution >= 0.6 is 0 Å². The van der Waals surface area contributed by atoms with Crippen molar-refractivity contribution in [2.45, 2.75) is 44.6 Å². The van der Waals surface area contributed by atoms with Crippen LogP contribution in [-0.2, 0) is 14.3 Å². The molecule has 16 heavy (non-hydrogen) atoms. The first kappa shape index (κ1) is 13.2. The predicted octanol–water partition coefficient (Wildman–Crippen LogP) is 2.92. The van der Waals surface area contributed by atoms with Crippen molar-refractivity contribution < 1.29 is 12.6 Å². The summed E-state index contributed by atoms with van der Waals surface area (Å²) in [6.45, 7) is 7.52. The van der Waals surface area contributed by atoms with Gasteiger partial charge in [0.05, 0.1) is 11.0 Å². The molecular formula is C12H18O3S. The SMILES string of the molecule is CC(C)OS(=O)(=O)c1ccc(C(C)C)cc1. The molecule has 4 heteroatoms. The van der Waals surface area contributed by atoms with Crippen molar-refractivity contribution in [3.05, 3.63) is 29.8 Å². The second-order valence-corrected chi connectivity index (χ2v) is 5.89. The quantitative estimate of drug-likeness (QED) is 0.762. The highest BCUT2D eigenvalue weighted by Crippen LogP contribution is 2.19. The van der Waals surface area contributed by atoms with Crippen LogP contribution in [0.5, 0.6) is 0 Å². The van der Waals surface area contributed by atoms with Gasteiger partial charge in [0.1, 0.15) is 0 Å². The maximum absolute atomic E-state index is 11.7. The molecule has 0 aliphatic rings. The second kappa shape index (κ2) is 4.97. The number of hydrogen-bond donors (Lipinski definition) is 0. The van der Waals surface area contributed by atoms with Crippen molar-refractivity contribution in [1.82, 2.24) is 0 Å². The summed E-state index contributed by atoms with van der Waals surface area (Å²) >= 11 is 0. The molecule has 0 radical (unpaired) electrons. The Morgan fingerprint density at radius 1 is 1.00 bits per heavy atom. The predicted molar refractivity (Wildman–Crippen MR) is 63.9 cm³/mol. The van der Waals surface area contributed by atoms with Gasteiger partial charge in [0.2, 0.25) is 0 Å². The smallest absolute Gasteiger partial charge is 0.264 e. The van der Waals surface area contributed by atoms with Crippen LogP contribution in [-0.4, -0.2) is 14.5 Å². The molecule has 0 amide bonds. The standard InChI is InChI=1S/C12H18O3S/c1-9(2)11-5-7-12(8-6-11)16(13,14)15-10(3)4/h5-10H,1-4H3. The topological polar surface area (TPSA) is 43.4 Å². The van der Waals surface area contributed by atoms with Gasteiger partial charge in [0, 0.05) is 0 Å². The molecule has 0 spiro atoms. The molecule has 0 heterocycles. The maximum atomic E-state index is 11.7. The van der Waals surface area contributed by atoms with Crippen molar-refractivity contribution in [2.24, 2.45) is 0 Å².